The molecule has 6 N–H and O–H groups in total. The third-order valence-electron chi connectivity index (χ3n) is 5.73. The molecule has 3 aromatic rings. The van der Waals surface area contributed by atoms with Crippen molar-refractivity contribution in [2.45, 2.75) is 59.5 Å². The first-order chi connectivity index (χ1) is 15.9. The van der Waals surface area contributed by atoms with E-state index in [2.05, 4.69) is 42.5 Å². The molecular formula is C23H34N10. The van der Waals surface area contributed by atoms with Crippen LogP contribution in [-0.2, 0) is 6.54 Å². The number of aryl methyl sites for hydroxylation is 2. The Labute approximate surface area is 194 Å². The summed E-state index contributed by atoms with van der Waals surface area (Å²) < 4.78 is 2.05. The summed E-state index contributed by atoms with van der Waals surface area (Å²) in [6.45, 7) is 8.70. The van der Waals surface area contributed by atoms with Crippen LogP contribution >= 0.6 is 0 Å². The van der Waals surface area contributed by atoms with Crippen molar-refractivity contribution in [1.29, 1.82) is 5.41 Å². The molecular weight excluding hydrogens is 416 g/mol. The SMILES string of the molecule is CCn1c(-c2cnc(C)nc2)nc2c(NC3CCC(N)=C(C(=N)C(C)C)C3)ncnc21.CN. The van der Waals surface area contributed by atoms with E-state index in [-0.39, 0.29) is 12.0 Å². The average Bonchev–Trinajstić information content (AvgIpc) is 3.21. The van der Waals surface area contributed by atoms with Crippen molar-refractivity contribution in [2.24, 2.45) is 17.4 Å². The van der Waals surface area contributed by atoms with Crippen molar-refractivity contribution in [1.82, 2.24) is 29.5 Å². The van der Waals surface area contributed by atoms with Gasteiger partial charge in [0.2, 0.25) is 0 Å². The van der Waals surface area contributed by atoms with E-state index in [1.165, 1.54) is 7.05 Å². The molecule has 33 heavy (non-hydrogen) atoms. The molecule has 0 aromatic carbocycles. The second-order valence-corrected chi connectivity index (χ2v) is 8.25. The molecule has 10 heteroatoms. The van der Waals surface area contributed by atoms with Crippen molar-refractivity contribution >= 4 is 22.7 Å². The monoisotopic (exact) mass is 450 g/mol. The molecule has 0 saturated heterocycles. The minimum Gasteiger partial charge on any atom is -0.402 e. The zero-order chi connectivity index (χ0) is 24.1. The fourth-order valence-corrected chi connectivity index (χ4v) is 3.98. The van der Waals surface area contributed by atoms with E-state index in [1.807, 2.05) is 20.8 Å². The van der Waals surface area contributed by atoms with Crippen LogP contribution in [0.4, 0.5) is 5.82 Å². The van der Waals surface area contributed by atoms with Gasteiger partial charge in [-0.1, -0.05) is 13.8 Å². The van der Waals surface area contributed by atoms with Crippen LogP contribution in [0.3, 0.4) is 0 Å². The summed E-state index contributed by atoms with van der Waals surface area (Å²) in [5.41, 5.74) is 15.5. The normalized spacial score (nSPS) is 16.0. The Kier molecular flexibility index (Phi) is 7.70. The number of rotatable bonds is 6. The molecule has 10 nitrogen and oxygen atoms in total. The molecule has 1 atom stereocenters. The van der Waals surface area contributed by atoms with Crippen molar-refractivity contribution in [3.63, 3.8) is 0 Å². The van der Waals surface area contributed by atoms with E-state index in [9.17, 15) is 0 Å². The van der Waals surface area contributed by atoms with Gasteiger partial charge < -0.3 is 26.8 Å². The zero-order valence-electron chi connectivity index (χ0n) is 20.1. The number of fused-ring (bicyclic) bond motifs is 1. The number of hydrogen-bond acceptors (Lipinski definition) is 9. The smallest absolute Gasteiger partial charge is 0.165 e. The highest BCUT2D eigenvalue weighted by Gasteiger charge is 2.25. The topological polar surface area (TPSA) is 157 Å². The van der Waals surface area contributed by atoms with E-state index in [0.717, 1.165) is 52.5 Å². The fourth-order valence-electron chi connectivity index (χ4n) is 3.98. The lowest BCUT2D eigenvalue weighted by Gasteiger charge is -2.28. The van der Waals surface area contributed by atoms with Crippen LogP contribution in [0, 0.1) is 18.3 Å². The number of allylic oxidation sites excluding steroid dienone is 1. The van der Waals surface area contributed by atoms with Gasteiger partial charge in [-0.25, -0.2) is 24.9 Å². The summed E-state index contributed by atoms with van der Waals surface area (Å²) in [5.74, 6) is 2.35. The Morgan fingerprint density at radius 1 is 1.21 bits per heavy atom. The molecule has 1 aliphatic rings. The molecule has 3 heterocycles. The van der Waals surface area contributed by atoms with Crippen LogP contribution < -0.4 is 16.8 Å². The van der Waals surface area contributed by atoms with Gasteiger partial charge in [0.1, 0.15) is 18.0 Å². The van der Waals surface area contributed by atoms with Gasteiger partial charge in [-0.15, -0.1) is 0 Å². The first kappa shape index (κ1) is 24.2. The van der Waals surface area contributed by atoms with E-state index < -0.39 is 0 Å². The minimum atomic E-state index is 0.137. The number of imidazole rings is 1. The first-order valence-corrected chi connectivity index (χ1v) is 11.3. The second-order valence-electron chi connectivity index (χ2n) is 8.25. The molecule has 0 fully saturated rings. The van der Waals surface area contributed by atoms with Gasteiger partial charge in [-0.3, -0.25) is 0 Å². The molecule has 0 radical (unpaired) electrons. The van der Waals surface area contributed by atoms with Gasteiger partial charge in [-0.2, -0.15) is 0 Å². The van der Waals surface area contributed by atoms with Crippen LogP contribution in [0.2, 0.25) is 0 Å². The average molecular weight is 451 g/mol. The highest BCUT2D eigenvalue weighted by atomic mass is 15.2. The lowest BCUT2D eigenvalue weighted by Crippen LogP contribution is -2.30. The maximum absolute atomic E-state index is 8.42. The maximum atomic E-state index is 8.42. The molecule has 3 aromatic heterocycles. The maximum Gasteiger partial charge on any atom is 0.165 e. The van der Waals surface area contributed by atoms with Crippen LogP contribution in [-0.4, -0.2) is 48.3 Å². The van der Waals surface area contributed by atoms with Crippen molar-refractivity contribution in [3.8, 4) is 11.4 Å². The van der Waals surface area contributed by atoms with Gasteiger partial charge >= 0.3 is 0 Å². The summed E-state index contributed by atoms with van der Waals surface area (Å²) in [6.07, 6.45) is 7.51. The van der Waals surface area contributed by atoms with Gasteiger partial charge in [-0.05, 0) is 51.6 Å². The predicted octanol–water partition coefficient (Wildman–Crippen LogP) is 3.04. The van der Waals surface area contributed by atoms with Crippen LogP contribution in [0.25, 0.3) is 22.6 Å². The van der Waals surface area contributed by atoms with Crippen LogP contribution in [0.5, 0.6) is 0 Å². The second kappa shape index (κ2) is 10.5. The van der Waals surface area contributed by atoms with Gasteiger partial charge in [0.05, 0.1) is 5.56 Å². The molecule has 0 bridgehead atoms. The Morgan fingerprint density at radius 3 is 2.55 bits per heavy atom. The van der Waals surface area contributed by atoms with E-state index in [4.69, 9.17) is 16.1 Å². The van der Waals surface area contributed by atoms with Gasteiger partial charge in [0, 0.05) is 36.4 Å². The van der Waals surface area contributed by atoms with E-state index in [0.29, 0.717) is 24.5 Å². The van der Waals surface area contributed by atoms with Crippen LogP contribution in [0.1, 0.15) is 45.9 Å². The fraction of sp³-hybridized carbons (Fsp3) is 0.478. The van der Waals surface area contributed by atoms with Crippen LogP contribution in [0.15, 0.2) is 30.0 Å². The molecule has 0 spiro atoms. The van der Waals surface area contributed by atoms with Crippen molar-refractivity contribution in [2.75, 3.05) is 12.4 Å². The number of nitrogens with zero attached hydrogens (tertiary/aromatic N) is 6. The van der Waals surface area contributed by atoms with Crippen molar-refractivity contribution in [3.05, 3.63) is 35.8 Å². The zero-order valence-corrected chi connectivity index (χ0v) is 20.1. The van der Waals surface area contributed by atoms with Crippen molar-refractivity contribution < 1.29 is 0 Å². The third kappa shape index (κ3) is 5.00. The lowest BCUT2D eigenvalue weighted by molar-refractivity contribution is 0.604. The molecule has 176 valence electrons. The van der Waals surface area contributed by atoms with Gasteiger partial charge in [0.25, 0.3) is 0 Å². The third-order valence-corrected chi connectivity index (χ3v) is 5.73. The number of nitrogens with two attached hydrogens (primary N) is 2. The number of aromatic nitrogens is 6. The quantitative estimate of drug-likeness (QED) is 0.417. The van der Waals surface area contributed by atoms with E-state index in [1.54, 1.807) is 18.7 Å². The summed E-state index contributed by atoms with van der Waals surface area (Å²) in [6, 6.07) is 0.137. The number of hydrogen-bond donors (Lipinski definition) is 4. The minimum absolute atomic E-state index is 0.137. The Hall–Kier alpha value is -3.40. The first-order valence-electron chi connectivity index (χ1n) is 11.3. The summed E-state index contributed by atoms with van der Waals surface area (Å²) in [5, 5.41) is 12.0. The Bertz CT molecular complexity index is 1140. The summed E-state index contributed by atoms with van der Waals surface area (Å²) in [7, 11) is 1.50. The highest BCUT2D eigenvalue weighted by molar-refractivity contribution is 6.00. The summed E-state index contributed by atoms with van der Waals surface area (Å²) in [4.78, 5) is 22.5. The highest BCUT2D eigenvalue weighted by Crippen LogP contribution is 2.30. The molecule has 1 aliphatic carbocycles. The summed E-state index contributed by atoms with van der Waals surface area (Å²) >= 11 is 0. The molecule has 1 unspecified atom stereocenters. The number of anilines is 1. The predicted molar refractivity (Wildman–Crippen MR) is 132 cm³/mol. The largest absolute Gasteiger partial charge is 0.402 e. The molecule has 0 amide bonds. The molecule has 4 rings (SSSR count). The lowest BCUT2D eigenvalue weighted by atomic mass is 9.86. The molecule has 0 saturated carbocycles. The molecule has 0 aliphatic heterocycles. The Morgan fingerprint density at radius 2 is 1.91 bits per heavy atom. The Balaban J connectivity index is 0.00000149. The van der Waals surface area contributed by atoms with Gasteiger partial charge in [0.15, 0.2) is 17.0 Å². The standard InChI is InChI=1S/C22H29N9.CH5N/c1-5-31-21(14-9-25-13(4)26-10-14)30-19-20(27-11-28-22(19)31)29-15-6-7-17(23)16(8-15)18(24)12(2)3;1-2/h9-12,15,24H,5-8,23H2,1-4H3,(H,27,28,29);2H2,1H3. The van der Waals surface area contributed by atoms with E-state index >= 15 is 0 Å². The number of nitrogens with one attached hydrogen (secondary N) is 2.